The highest BCUT2D eigenvalue weighted by Crippen LogP contribution is 2.05. The largest absolute Gasteiger partial charge is 0.351 e. The Labute approximate surface area is 94.5 Å². The summed E-state index contributed by atoms with van der Waals surface area (Å²) in [6.07, 6.45) is 2.56. The minimum atomic E-state index is -0.353. The van der Waals surface area contributed by atoms with Crippen molar-refractivity contribution in [3.8, 4) is 0 Å². The van der Waals surface area contributed by atoms with Crippen LogP contribution in [0.5, 0.6) is 0 Å². The Bertz CT molecular complexity index is 335. The molecular formula is C11H16N2O3. The molecule has 88 valence electrons. The molecule has 1 N–H and O–H groups in total. The monoisotopic (exact) mass is 224 g/mol. The van der Waals surface area contributed by atoms with Gasteiger partial charge in [0.1, 0.15) is 0 Å². The van der Waals surface area contributed by atoms with Gasteiger partial charge in [0.05, 0.1) is 0 Å². The summed E-state index contributed by atoms with van der Waals surface area (Å²) in [6, 6.07) is 0. The Morgan fingerprint density at radius 2 is 1.75 bits per heavy atom. The minimum Gasteiger partial charge on any atom is -0.351 e. The number of amides is 3. The lowest BCUT2D eigenvalue weighted by molar-refractivity contribution is -0.137. The van der Waals surface area contributed by atoms with E-state index in [-0.39, 0.29) is 36.2 Å². The maximum atomic E-state index is 11.4. The van der Waals surface area contributed by atoms with E-state index >= 15 is 0 Å². The van der Waals surface area contributed by atoms with Crippen molar-refractivity contribution in [2.24, 2.45) is 0 Å². The number of carbonyl (C=O) groups is 3. The highest BCUT2D eigenvalue weighted by Gasteiger charge is 2.24. The van der Waals surface area contributed by atoms with Crippen LogP contribution in [0.15, 0.2) is 12.2 Å². The van der Waals surface area contributed by atoms with E-state index in [1.807, 2.05) is 20.8 Å². The SMILES string of the molecule is CC(C)(C)NC(=O)CCN1C(=O)C=CC1=O. The highest BCUT2D eigenvalue weighted by atomic mass is 16.2. The van der Waals surface area contributed by atoms with Crippen LogP contribution < -0.4 is 5.32 Å². The van der Waals surface area contributed by atoms with Gasteiger partial charge >= 0.3 is 0 Å². The van der Waals surface area contributed by atoms with Crippen LogP contribution in [-0.4, -0.2) is 34.7 Å². The van der Waals surface area contributed by atoms with Crippen molar-refractivity contribution < 1.29 is 14.4 Å². The lowest BCUT2D eigenvalue weighted by Crippen LogP contribution is -2.42. The lowest BCUT2D eigenvalue weighted by atomic mass is 10.1. The molecule has 16 heavy (non-hydrogen) atoms. The third-order valence-corrected chi connectivity index (χ3v) is 1.98. The Kier molecular flexibility index (Phi) is 3.47. The molecule has 5 nitrogen and oxygen atoms in total. The predicted octanol–water partition coefficient (Wildman–Crippen LogP) is 0.216. The first kappa shape index (κ1) is 12.4. The van der Waals surface area contributed by atoms with Crippen LogP contribution in [0.4, 0.5) is 0 Å². The van der Waals surface area contributed by atoms with E-state index in [0.717, 1.165) is 4.90 Å². The van der Waals surface area contributed by atoms with E-state index in [9.17, 15) is 14.4 Å². The second-order valence-electron chi connectivity index (χ2n) is 4.71. The van der Waals surface area contributed by atoms with E-state index in [0.29, 0.717) is 0 Å². The molecule has 0 saturated carbocycles. The maximum absolute atomic E-state index is 11.4. The Morgan fingerprint density at radius 1 is 1.25 bits per heavy atom. The summed E-state index contributed by atoms with van der Waals surface area (Å²) in [6.45, 7) is 5.75. The van der Waals surface area contributed by atoms with Crippen LogP contribution >= 0.6 is 0 Å². The van der Waals surface area contributed by atoms with Gasteiger partial charge in [0.2, 0.25) is 5.91 Å². The van der Waals surface area contributed by atoms with Crippen LogP contribution in [0.1, 0.15) is 27.2 Å². The van der Waals surface area contributed by atoms with E-state index in [1.54, 1.807) is 0 Å². The van der Waals surface area contributed by atoms with Crippen molar-refractivity contribution >= 4 is 17.7 Å². The zero-order valence-electron chi connectivity index (χ0n) is 9.74. The van der Waals surface area contributed by atoms with Gasteiger partial charge in [-0.15, -0.1) is 0 Å². The fourth-order valence-corrected chi connectivity index (χ4v) is 1.35. The molecule has 1 aliphatic rings. The van der Waals surface area contributed by atoms with E-state index < -0.39 is 0 Å². The molecule has 5 heteroatoms. The number of rotatable bonds is 3. The molecule has 0 aromatic carbocycles. The Hall–Kier alpha value is -1.65. The summed E-state index contributed by atoms with van der Waals surface area (Å²) in [4.78, 5) is 34.8. The molecule has 0 aromatic rings. The summed E-state index contributed by atoms with van der Waals surface area (Å²) in [5.74, 6) is -0.873. The predicted molar refractivity (Wildman–Crippen MR) is 58.4 cm³/mol. The van der Waals surface area contributed by atoms with Crippen molar-refractivity contribution in [2.75, 3.05) is 6.54 Å². The van der Waals surface area contributed by atoms with Gasteiger partial charge in [0, 0.05) is 30.7 Å². The van der Waals surface area contributed by atoms with E-state index in [1.165, 1.54) is 12.2 Å². The molecule has 0 radical (unpaired) electrons. The molecular weight excluding hydrogens is 208 g/mol. The first-order chi connectivity index (χ1) is 7.29. The molecule has 0 unspecified atom stereocenters. The average molecular weight is 224 g/mol. The normalized spacial score (nSPS) is 15.8. The summed E-state index contributed by atoms with van der Waals surface area (Å²) >= 11 is 0. The smallest absolute Gasteiger partial charge is 0.253 e. The van der Waals surface area contributed by atoms with Gasteiger partial charge in [-0.05, 0) is 20.8 Å². The first-order valence-electron chi connectivity index (χ1n) is 5.14. The number of carbonyl (C=O) groups excluding carboxylic acids is 3. The standard InChI is InChI=1S/C11H16N2O3/c1-11(2,3)12-8(14)6-7-13-9(15)4-5-10(13)16/h4-5H,6-7H2,1-3H3,(H,12,14). The Balaban J connectivity index is 2.38. The van der Waals surface area contributed by atoms with Crippen molar-refractivity contribution in [2.45, 2.75) is 32.7 Å². The molecule has 1 heterocycles. The van der Waals surface area contributed by atoms with Crippen molar-refractivity contribution in [1.29, 1.82) is 0 Å². The molecule has 0 atom stereocenters. The quantitative estimate of drug-likeness (QED) is 0.697. The summed E-state index contributed by atoms with van der Waals surface area (Å²) in [7, 11) is 0. The van der Waals surface area contributed by atoms with Gasteiger partial charge in [-0.1, -0.05) is 0 Å². The molecule has 1 rings (SSSR count). The van der Waals surface area contributed by atoms with Crippen LogP contribution in [0, 0.1) is 0 Å². The fourth-order valence-electron chi connectivity index (χ4n) is 1.35. The second kappa shape index (κ2) is 4.47. The van der Waals surface area contributed by atoms with E-state index in [2.05, 4.69) is 5.32 Å². The zero-order chi connectivity index (χ0) is 12.3. The van der Waals surface area contributed by atoms with Gasteiger partial charge in [0.15, 0.2) is 0 Å². The van der Waals surface area contributed by atoms with Crippen LogP contribution in [0.2, 0.25) is 0 Å². The van der Waals surface area contributed by atoms with Crippen LogP contribution in [0.25, 0.3) is 0 Å². The number of imide groups is 1. The summed E-state index contributed by atoms with van der Waals surface area (Å²) in [5, 5.41) is 2.76. The minimum absolute atomic E-state index is 0.132. The van der Waals surface area contributed by atoms with Crippen molar-refractivity contribution in [3.63, 3.8) is 0 Å². The molecule has 0 fully saturated rings. The van der Waals surface area contributed by atoms with Gasteiger partial charge in [-0.25, -0.2) is 0 Å². The van der Waals surface area contributed by atoms with Gasteiger partial charge in [0.25, 0.3) is 11.8 Å². The van der Waals surface area contributed by atoms with E-state index in [4.69, 9.17) is 0 Å². The first-order valence-corrected chi connectivity index (χ1v) is 5.14. The maximum Gasteiger partial charge on any atom is 0.253 e. The summed E-state index contributed by atoms with van der Waals surface area (Å²) < 4.78 is 0. The topological polar surface area (TPSA) is 66.5 Å². The zero-order valence-corrected chi connectivity index (χ0v) is 9.74. The average Bonchev–Trinajstić information content (AvgIpc) is 2.41. The third-order valence-electron chi connectivity index (χ3n) is 1.98. The van der Waals surface area contributed by atoms with Crippen LogP contribution in [0.3, 0.4) is 0 Å². The van der Waals surface area contributed by atoms with Crippen molar-refractivity contribution in [3.05, 3.63) is 12.2 Å². The second-order valence-corrected chi connectivity index (χ2v) is 4.71. The number of hydrogen-bond acceptors (Lipinski definition) is 3. The summed E-state index contributed by atoms with van der Waals surface area (Å²) in [5.41, 5.74) is -0.297. The highest BCUT2D eigenvalue weighted by molar-refractivity contribution is 6.13. The number of nitrogens with one attached hydrogen (secondary N) is 1. The molecule has 0 bridgehead atoms. The number of hydrogen-bond donors (Lipinski definition) is 1. The molecule has 0 aliphatic carbocycles. The lowest BCUT2D eigenvalue weighted by Gasteiger charge is -2.21. The van der Waals surface area contributed by atoms with Crippen LogP contribution in [-0.2, 0) is 14.4 Å². The van der Waals surface area contributed by atoms with Gasteiger partial charge < -0.3 is 5.32 Å². The molecule has 0 saturated heterocycles. The molecule has 0 spiro atoms. The van der Waals surface area contributed by atoms with Gasteiger partial charge in [-0.2, -0.15) is 0 Å². The molecule has 3 amide bonds. The Morgan fingerprint density at radius 3 is 2.19 bits per heavy atom. The van der Waals surface area contributed by atoms with Gasteiger partial charge in [-0.3, -0.25) is 19.3 Å². The fraction of sp³-hybridized carbons (Fsp3) is 0.545. The molecule has 1 aliphatic heterocycles. The molecule has 0 aromatic heterocycles. The number of nitrogens with zero attached hydrogens (tertiary/aromatic N) is 1. The third kappa shape index (κ3) is 3.49. The van der Waals surface area contributed by atoms with Crippen molar-refractivity contribution in [1.82, 2.24) is 10.2 Å².